The maximum Gasteiger partial charge on any atom is 0.338 e. The van der Waals surface area contributed by atoms with Gasteiger partial charge in [-0.15, -0.1) is 0 Å². The van der Waals surface area contributed by atoms with Crippen LogP contribution in [0.5, 0.6) is 17.2 Å². The molecule has 4 bridgehead atoms. The molecule has 5 aliphatic rings. The third-order valence-electron chi connectivity index (χ3n) is 11.6. The van der Waals surface area contributed by atoms with Crippen molar-refractivity contribution in [3.63, 3.8) is 0 Å². The molecule has 262 valence electrons. The number of fused-ring (bicyclic) bond motifs is 11. The zero-order chi connectivity index (χ0) is 34.6. The van der Waals surface area contributed by atoms with Gasteiger partial charge < -0.3 is 37.9 Å². The molecule has 8 rings (SSSR count). The Morgan fingerprint density at radius 2 is 1.16 bits per heavy atom. The largest absolute Gasteiger partial charge is 0.497 e. The van der Waals surface area contributed by atoms with Crippen LogP contribution in [-0.2, 0) is 23.7 Å². The fourth-order valence-corrected chi connectivity index (χ4v) is 9.39. The maximum absolute atomic E-state index is 13.3. The SMILES string of the molecule is COc1ccc(C(=O)OC[C@]23CC[C@@H]4[C@H]5O[C@@H](C[C@@H]5OC(=O)c5ccc(OC)cc5)[C@@H]4[C@H]2[C@@H]2C[C@H](OC(=O)c4ccc(OC)cc4)[C@H]3O2)cc1. The van der Waals surface area contributed by atoms with Gasteiger partial charge in [-0.1, -0.05) is 0 Å². The fourth-order valence-electron chi connectivity index (χ4n) is 9.39. The molecule has 4 heterocycles. The topological polar surface area (TPSA) is 125 Å². The van der Waals surface area contributed by atoms with Gasteiger partial charge in [-0.2, -0.15) is 0 Å². The van der Waals surface area contributed by atoms with Gasteiger partial charge >= 0.3 is 17.9 Å². The van der Waals surface area contributed by atoms with Crippen LogP contribution in [0.2, 0.25) is 0 Å². The Bertz CT molecular complexity index is 1740. The lowest BCUT2D eigenvalue weighted by Crippen LogP contribution is -2.59. The molecule has 4 saturated heterocycles. The number of carbonyl (C=O) groups excluding carboxylic acids is 3. The monoisotopic (exact) mass is 684 g/mol. The quantitative estimate of drug-likeness (QED) is 0.204. The molecule has 0 spiro atoms. The molecule has 1 saturated carbocycles. The first-order valence-corrected chi connectivity index (χ1v) is 17.1. The van der Waals surface area contributed by atoms with Crippen LogP contribution in [0.3, 0.4) is 0 Å². The van der Waals surface area contributed by atoms with Gasteiger partial charge in [-0.3, -0.25) is 0 Å². The van der Waals surface area contributed by atoms with E-state index in [4.69, 9.17) is 37.9 Å². The molecular weight excluding hydrogens is 644 g/mol. The predicted molar refractivity (Wildman–Crippen MR) is 176 cm³/mol. The van der Waals surface area contributed by atoms with E-state index >= 15 is 0 Å². The number of methoxy groups -OCH3 is 3. The second-order valence-electron chi connectivity index (χ2n) is 13.9. The number of ether oxygens (including phenoxy) is 8. The molecule has 3 aromatic carbocycles. The van der Waals surface area contributed by atoms with Crippen molar-refractivity contribution < 1.29 is 52.3 Å². The predicted octanol–water partition coefficient (Wildman–Crippen LogP) is 5.29. The van der Waals surface area contributed by atoms with E-state index in [1.165, 1.54) is 0 Å². The smallest absolute Gasteiger partial charge is 0.338 e. The Labute approximate surface area is 290 Å². The highest BCUT2D eigenvalue weighted by Gasteiger charge is 2.73. The van der Waals surface area contributed by atoms with Crippen molar-refractivity contribution in [2.24, 2.45) is 23.2 Å². The summed E-state index contributed by atoms with van der Waals surface area (Å²) in [5.74, 6) is 0.988. The molecule has 10 atom stereocenters. The van der Waals surface area contributed by atoms with Crippen LogP contribution in [0, 0.1) is 23.2 Å². The minimum atomic E-state index is -0.583. The van der Waals surface area contributed by atoms with Gasteiger partial charge in [0.1, 0.15) is 42.2 Å². The van der Waals surface area contributed by atoms with Crippen molar-refractivity contribution in [1.82, 2.24) is 0 Å². The van der Waals surface area contributed by atoms with Gasteiger partial charge in [-0.25, -0.2) is 14.4 Å². The van der Waals surface area contributed by atoms with Crippen molar-refractivity contribution in [3.8, 4) is 17.2 Å². The third kappa shape index (κ3) is 5.47. The Morgan fingerprint density at radius 1 is 0.660 bits per heavy atom. The van der Waals surface area contributed by atoms with Crippen molar-refractivity contribution in [2.45, 2.75) is 62.3 Å². The van der Waals surface area contributed by atoms with Gasteiger partial charge in [0.05, 0.1) is 56.3 Å². The first kappa shape index (κ1) is 32.6. The Morgan fingerprint density at radius 3 is 1.70 bits per heavy atom. The molecule has 3 aromatic rings. The van der Waals surface area contributed by atoms with Crippen LogP contribution in [0.1, 0.15) is 56.8 Å². The number of hydrogen-bond donors (Lipinski definition) is 0. The average molecular weight is 685 g/mol. The molecule has 5 fully saturated rings. The van der Waals surface area contributed by atoms with Crippen LogP contribution < -0.4 is 14.2 Å². The Hall–Kier alpha value is -4.61. The molecule has 0 unspecified atom stereocenters. The molecule has 0 radical (unpaired) electrons. The average Bonchev–Trinajstić information content (AvgIpc) is 3.93. The molecule has 11 nitrogen and oxygen atoms in total. The van der Waals surface area contributed by atoms with Crippen LogP contribution in [0.25, 0.3) is 0 Å². The Balaban J connectivity index is 1.01. The lowest BCUT2D eigenvalue weighted by Gasteiger charge is -2.53. The zero-order valence-corrected chi connectivity index (χ0v) is 28.2. The fraction of sp³-hybridized carbons (Fsp3) is 0.462. The second-order valence-corrected chi connectivity index (χ2v) is 13.9. The second kappa shape index (κ2) is 12.9. The van der Waals surface area contributed by atoms with Crippen LogP contribution >= 0.6 is 0 Å². The number of carbonyl (C=O) groups is 3. The first-order chi connectivity index (χ1) is 24.3. The number of esters is 3. The van der Waals surface area contributed by atoms with E-state index in [0.717, 1.165) is 6.42 Å². The van der Waals surface area contributed by atoms with Crippen molar-refractivity contribution in [3.05, 3.63) is 89.5 Å². The standard InChI is InChI=1S/C39H40O11/c1-43-24-10-4-21(5-11-24)36(40)46-20-39-17-16-27-32(28-18-30(34(27)47-28)49-37(41)22-6-12-25(44-2)13-7-22)33(39)29-19-31(35(39)48-29)50-38(42)23-8-14-26(45-3)15-9-23/h4-15,27-35H,16-20H2,1-3H3/t27-,28-,29-,30-,31-,32+,33+,34+,35+,39+/m0/s1. The van der Waals surface area contributed by atoms with Crippen LogP contribution in [-0.4, -0.2) is 82.5 Å². The van der Waals surface area contributed by atoms with Crippen LogP contribution in [0.15, 0.2) is 72.8 Å². The highest BCUT2D eigenvalue weighted by atomic mass is 16.6. The van der Waals surface area contributed by atoms with Gasteiger partial charge in [0, 0.05) is 24.2 Å². The highest BCUT2D eigenvalue weighted by molar-refractivity contribution is 5.90. The molecule has 4 aliphatic heterocycles. The molecule has 0 N–H and O–H groups in total. The lowest BCUT2D eigenvalue weighted by molar-refractivity contribution is -0.104. The summed E-state index contributed by atoms with van der Waals surface area (Å²) < 4.78 is 47.2. The van der Waals surface area contributed by atoms with E-state index < -0.39 is 29.6 Å². The number of benzene rings is 3. The van der Waals surface area contributed by atoms with Gasteiger partial charge in [0.25, 0.3) is 0 Å². The van der Waals surface area contributed by atoms with Crippen molar-refractivity contribution >= 4 is 17.9 Å². The summed E-state index contributed by atoms with van der Waals surface area (Å²) in [5.41, 5.74) is 0.720. The number of rotatable bonds is 10. The van der Waals surface area contributed by atoms with E-state index in [1.54, 1.807) is 94.1 Å². The summed E-state index contributed by atoms with van der Waals surface area (Å²) in [7, 11) is 4.72. The van der Waals surface area contributed by atoms with E-state index in [2.05, 4.69) is 0 Å². The summed E-state index contributed by atoms with van der Waals surface area (Å²) in [4.78, 5) is 39.8. The van der Waals surface area contributed by atoms with Gasteiger partial charge in [0.2, 0.25) is 0 Å². The normalized spacial score (nSPS) is 32.8. The molecule has 11 heteroatoms. The van der Waals surface area contributed by atoms with Crippen molar-refractivity contribution in [1.29, 1.82) is 0 Å². The lowest BCUT2D eigenvalue weighted by atomic mass is 9.50. The van der Waals surface area contributed by atoms with E-state index in [9.17, 15) is 14.4 Å². The molecular formula is C39H40O11. The molecule has 0 amide bonds. The zero-order valence-electron chi connectivity index (χ0n) is 28.2. The first-order valence-electron chi connectivity index (χ1n) is 17.1. The summed E-state index contributed by atoms with van der Waals surface area (Å²) >= 11 is 0. The van der Waals surface area contributed by atoms with E-state index in [0.29, 0.717) is 53.2 Å². The highest BCUT2D eigenvalue weighted by Crippen LogP contribution is 2.67. The maximum atomic E-state index is 13.3. The van der Waals surface area contributed by atoms with E-state index in [1.807, 2.05) is 0 Å². The van der Waals surface area contributed by atoms with E-state index in [-0.39, 0.29) is 54.7 Å². The molecule has 50 heavy (non-hydrogen) atoms. The van der Waals surface area contributed by atoms with Gasteiger partial charge in [-0.05, 0) is 97.5 Å². The Kier molecular flexibility index (Phi) is 8.43. The summed E-state index contributed by atoms with van der Waals surface area (Å²) in [6, 6.07) is 20.5. The minimum Gasteiger partial charge on any atom is -0.497 e. The summed E-state index contributed by atoms with van der Waals surface area (Å²) in [6.07, 6.45) is 0.702. The minimum absolute atomic E-state index is 0.0131. The molecule has 1 aliphatic carbocycles. The summed E-state index contributed by atoms with van der Waals surface area (Å²) in [5, 5.41) is 0. The molecule has 0 aromatic heterocycles. The van der Waals surface area contributed by atoms with Gasteiger partial charge in [0.15, 0.2) is 0 Å². The van der Waals surface area contributed by atoms with Crippen LogP contribution in [0.4, 0.5) is 0 Å². The summed E-state index contributed by atoms with van der Waals surface area (Å²) in [6.45, 7) is 0.122. The third-order valence-corrected chi connectivity index (χ3v) is 11.6. The van der Waals surface area contributed by atoms with Crippen molar-refractivity contribution in [2.75, 3.05) is 27.9 Å². The number of hydrogen-bond acceptors (Lipinski definition) is 11.